The second-order valence-electron chi connectivity index (χ2n) is 1.02. The molecule has 0 aromatic rings. The summed E-state index contributed by atoms with van der Waals surface area (Å²) >= 11 is 0. The topological polar surface area (TPSA) is 60.7 Å². The smallest absolute Gasteiger partial charge is 0.100 e. The fraction of sp³-hybridized carbons (Fsp3) is 1.00. The van der Waals surface area contributed by atoms with Crippen molar-refractivity contribution in [1.29, 1.82) is 0 Å². The molecule has 0 rings (SSSR count). The first-order chi connectivity index (χ1) is 2.81. The van der Waals surface area contributed by atoms with Crippen molar-refractivity contribution < 1.29 is 49.2 Å². The Morgan fingerprint density at radius 3 is 1.38 bits per heavy atom. The van der Waals surface area contributed by atoms with Crippen molar-refractivity contribution in [3.05, 3.63) is 0 Å². The molecule has 0 amide bonds. The predicted octanol–water partition coefficient (Wildman–Crippen LogP) is -1.67. The van der Waals surface area contributed by atoms with Crippen LogP contribution in [0.3, 0.4) is 0 Å². The number of aliphatic hydroxyl groups excluding tert-OH is 3. The Balaban J connectivity index is -0.000000125. The van der Waals surface area contributed by atoms with Crippen molar-refractivity contribution in [3.63, 3.8) is 0 Å². The molecule has 3 N–H and O–H groups in total. The summed E-state index contributed by atoms with van der Waals surface area (Å²) in [6.07, 6.45) is -0.954. The molecular weight excluding hydrogens is 199 g/mol. The molecular formula is C3H8CoFeO3. The number of aliphatic hydroxyl groups is 3. The van der Waals surface area contributed by atoms with Crippen LogP contribution in [0.2, 0.25) is 0 Å². The van der Waals surface area contributed by atoms with Gasteiger partial charge in [0.1, 0.15) is 6.10 Å². The molecule has 8 heavy (non-hydrogen) atoms. The maximum atomic E-state index is 8.17. The van der Waals surface area contributed by atoms with Gasteiger partial charge in [-0.2, -0.15) is 0 Å². The van der Waals surface area contributed by atoms with Crippen LogP contribution in [0.5, 0.6) is 0 Å². The van der Waals surface area contributed by atoms with Gasteiger partial charge in [-0.05, 0) is 0 Å². The first-order valence-corrected chi connectivity index (χ1v) is 1.71. The average molecular weight is 207 g/mol. The summed E-state index contributed by atoms with van der Waals surface area (Å²) in [5.74, 6) is 0. The zero-order valence-corrected chi connectivity index (χ0v) is 6.17. The van der Waals surface area contributed by atoms with E-state index < -0.39 is 6.10 Å². The Hall–Kier alpha value is 0.906. The molecule has 0 aliphatic heterocycles. The van der Waals surface area contributed by atoms with Crippen LogP contribution in [0, 0.1) is 0 Å². The molecule has 0 heterocycles. The third kappa shape index (κ3) is 10.0. The Morgan fingerprint density at radius 1 is 1.12 bits per heavy atom. The molecule has 3 nitrogen and oxygen atoms in total. The summed E-state index contributed by atoms with van der Waals surface area (Å²) in [4.78, 5) is 0. The van der Waals surface area contributed by atoms with E-state index in [4.69, 9.17) is 15.3 Å². The van der Waals surface area contributed by atoms with Crippen LogP contribution >= 0.6 is 0 Å². The van der Waals surface area contributed by atoms with E-state index in [9.17, 15) is 0 Å². The summed E-state index contributed by atoms with van der Waals surface area (Å²) in [5, 5.41) is 24.0. The van der Waals surface area contributed by atoms with E-state index in [0.717, 1.165) is 0 Å². The van der Waals surface area contributed by atoms with Gasteiger partial charge in [0.15, 0.2) is 0 Å². The molecule has 0 aliphatic carbocycles. The summed E-state index contributed by atoms with van der Waals surface area (Å²) in [6.45, 7) is -0.729. The van der Waals surface area contributed by atoms with Crippen LogP contribution in [-0.2, 0) is 33.8 Å². The molecule has 0 spiro atoms. The van der Waals surface area contributed by atoms with Crippen molar-refractivity contribution in [2.45, 2.75) is 6.10 Å². The maximum absolute atomic E-state index is 8.17. The average Bonchev–Trinajstić information content (AvgIpc) is 1.65. The molecule has 0 unspecified atom stereocenters. The molecule has 1 radical (unpaired) electrons. The quantitative estimate of drug-likeness (QED) is 0.474. The molecule has 0 saturated heterocycles. The van der Waals surface area contributed by atoms with Gasteiger partial charge in [-0.3, -0.25) is 0 Å². The predicted molar refractivity (Wildman–Crippen MR) is 20.2 cm³/mol. The van der Waals surface area contributed by atoms with Gasteiger partial charge < -0.3 is 15.3 Å². The van der Waals surface area contributed by atoms with Crippen LogP contribution < -0.4 is 0 Å². The zero-order valence-electron chi connectivity index (χ0n) is 4.02. The SMILES string of the molecule is OCC(O)CO.[Co].[Fe]. The second-order valence-corrected chi connectivity index (χ2v) is 1.02. The van der Waals surface area contributed by atoms with Crippen molar-refractivity contribution in [1.82, 2.24) is 0 Å². The molecule has 0 saturated carbocycles. The Kier molecular flexibility index (Phi) is 21.6. The third-order valence-electron chi connectivity index (χ3n) is 0.421. The molecule has 0 fully saturated rings. The molecule has 0 atom stereocenters. The van der Waals surface area contributed by atoms with E-state index in [0.29, 0.717) is 0 Å². The summed E-state index contributed by atoms with van der Waals surface area (Å²) in [5.41, 5.74) is 0. The van der Waals surface area contributed by atoms with Crippen molar-refractivity contribution in [2.75, 3.05) is 13.2 Å². The summed E-state index contributed by atoms with van der Waals surface area (Å²) in [6, 6.07) is 0. The van der Waals surface area contributed by atoms with Gasteiger partial charge >= 0.3 is 0 Å². The van der Waals surface area contributed by atoms with Crippen LogP contribution in [0.4, 0.5) is 0 Å². The van der Waals surface area contributed by atoms with Crippen molar-refractivity contribution in [3.8, 4) is 0 Å². The van der Waals surface area contributed by atoms with Crippen LogP contribution in [0.15, 0.2) is 0 Å². The maximum Gasteiger partial charge on any atom is 0.100 e. The van der Waals surface area contributed by atoms with Crippen LogP contribution in [0.25, 0.3) is 0 Å². The van der Waals surface area contributed by atoms with E-state index >= 15 is 0 Å². The first-order valence-electron chi connectivity index (χ1n) is 1.71. The molecule has 0 bridgehead atoms. The van der Waals surface area contributed by atoms with Gasteiger partial charge in [-0.15, -0.1) is 0 Å². The van der Waals surface area contributed by atoms with Gasteiger partial charge in [0.25, 0.3) is 0 Å². The van der Waals surface area contributed by atoms with Gasteiger partial charge in [0.2, 0.25) is 0 Å². The van der Waals surface area contributed by atoms with Crippen LogP contribution in [-0.4, -0.2) is 34.6 Å². The fourth-order valence-corrected chi connectivity index (χ4v) is 0.0577. The zero-order chi connectivity index (χ0) is 4.99. The molecule has 55 valence electrons. The monoisotopic (exact) mass is 207 g/mol. The number of hydrogen-bond donors (Lipinski definition) is 3. The van der Waals surface area contributed by atoms with Gasteiger partial charge in [-0.1, -0.05) is 0 Å². The normalized spacial score (nSPS) is 7.50. The summed E-state index contributed by atoms with van der Waals surface area (Å²) in [7, 11) is 0. The van der Waals surface area contributed by atoms with E-state index in [-0.39, 0.29) is 47.1 Å². The Bertz CT molecular complexity index is 33.7. The van der Waals surface area contributed by atoms with E-state index in [2.05, 4.69) is 0 Å². The van der Waals surface area contributed by atoms with Gasteiger partial charge in [0, 0.05) is 33.8 Å². The van der Waals surface area contributed by atoms with Gasteiger partial charge in [0.05, 0.1) is 13.2 Å². The second kappa shape index (κ2) is 10.8. The van der Waals surface area contributed by atoms with Crippen LogP contribution in [0.1, 0.15) is 0 Å². The van der Waals surface area contributed by atoms with Crippen molar-refractivity contribution in [2.24, 2.45) is 0 Å². The minimum atomic E-state index is -0.954. The first kappa shape index (κ1) is 16.0. The molecule has 5 heteroatoms. The minimum absolute atomic E-state index is 0. The fourth-order valence-electron chi connectivity index (χ4n) is 0.0577. The largest absolute Gasteiger partial charge is 0.394 e. The van der Waals surface area contributed by atoms with Gasteiger partial charge in [-0.25, -0.2) is 0 Å². The number of rotatable bonds is 2. The van der Waals surface area contributed by atoms with E-state index in [1.165, 1.54) is 0 Å². The van der Waals surface area contributed by atoms with E-state index in [1.807, 2.05) is 0 Å². The Labute approximate surface area is 68.8 Å². The third-order valence-corrected chi connectivity index (χ3v) is 0.421. The summed E-state index contributed by atoms with van der Waals surface area (Å²) < 4.78 is 0. The van der Waals surface area contributed by atoms with E-state index in [1.54, 1.807) is 0 Å². The molecule has 0 aliphatic rings. The van der Waals surface area contributed by atoms with Crippen molar-refractivity contribution >= 4 is 0 Å². The molecule has 0 aromatic carbocycles. The minimum Gasteiger partial charge on any atom is -0.394 e. The molecule has 0 aromatic heterocycles. The number of hydrogen-bond acceptors (Lipinski definition) is 3. The standard InChI is InChI=1S/C3H8O3.Co.Fe/c4-1-3(6)2-5;;/h3-6H,1-2H2;;. The Morgan fingerprint density at radius 2 is 1.38 bits per heavy atom.